The summed E-state index contributed by atoms with van der Waals surface area (Å²) < 4.78 is 12.4. The monoisotopic (exact) mass is 625 g/mol. The van der Waals surface area contributed by atoms with Crippen LogP contribution in [0, 0.1) is 12.8 Å². The van der Waals surface area contributed by atoms with Crippen molar-refractivity contribution in [3.8, 4) is 0 Å². The highest BCUT2D eigenvalue weighted by Gasteiger charge is 2.40. The average Bonchev–Trinajstić information content (AvgIpc) is 3.06. The molecular weight excluding hydrogens is 578 g/mol. The molecule has 2 saturated heterocycles. The van der Waals surface area contributed by atoms with E-state index in [4.69, 9.17) is 19.4 Å². The number of carboxylic acid groups (broad SMARTS) is 1. The molecule has 0 amide bonds. The normalized spacial score (nSPS) is 24.2. The third-order valence-electron chi connectivity index (χ3n) is 9.75. The Bertz CT molecular complexity index is 1570. The third-order valence-corrected chi connectivity index (χ3v) is 9.75. The smallest absolute Gasteiger partial charge is 0.304 e. The molecule has 0 radical (unpaired) electrons. The number of morpholine rings is 1. The average molecular weight is 626 g/mol. The number of piperidine rings is 1. The van der Waals surface area contributed by atoms with E-state index in [0.29, 0.717) is 19.0 Å². The lowest BCUT2D eigenvalue weighted by molar-refractivity contribution is -0.138. The van der Waals surface area contributed by atoms with E-state index in [0.717, 1.165) is 81.7 Å². The van der Waals surface area contributed by atoms with E-state index in [2.05, 4.69) is 83.6 Å². The molecule has 46 heavy (non-hydrogen) atoms. The highest BCUT2D eigenvalue weighted by Crippen LogP contribution is 2.40. The lowest BCUT2D eigenvalue weighted by Gasteiger charge is -2.41. The van der Waals surface area contributed by atoms with Gasteiger partial charge in [-0.15, -0.1) is 0 Å². The zero-order valence-electron chi connectivity index (χ0n) is 27.2. The number of benzene rings is 1. The first-order valence-corrected chi connectivity index (χ1v) is 16.8. The number of hydrogen-bond acceptors (Lipinski definition) is 8. The van der Waals surface area contributed by atoms with Crippen LogP contribution >= 0.6 is 0 Å². The Kier molecular flexibility index (Phi) is 10.4. The number of pyridine rings is 2. The van der Waals surface area contributed by atoms with Crippen LogP contribution in [0.15, 0.2) is 66.9 Å². The van der Waals surface area contributed by atoms with Gasteiger partial charge in [-0.05, 0) is 67.6 Å². The van der Waals surface area contributed by atoms with Crippen molar-refractivity contribution in [2.24, 2.45) is 5.92 Å². The van der Waals surface area contributed by atoms with Crippen LogP contribution in [-0.4, -0.2) is 88.6 Å². The Labute approximate surface area is 272 Å². The van der Waals surface area contributed by atoms with Crippen LogP contribution < -0.4 is 5.32 Å². The number of hydrogen-bond donors (Lipinski definition) is 2. The van der Waals surface area contributed by atoms with E-state index in [1.54, 1.807) is 0 Å². The molecule has 2 fully saturated rings. The summed E-state index contributed by atoms with van der Waals surface area (Å²) in [4.78, 5) is 26.2. The maximum absolute atomic E-state index is 11.6. The van der Waals surface area contributed by atoms with Crippen molar-refractivity contribution in [2.75, 3.05) is 51.3 Å². The van der Waals surface area contributed by atoms with Crippen molar-refractivity contribution in [1.29, 1.82) is 0 Å². The zero-order chi connectivity index (χ0) is 31.9. The molecule has 2 aromatic heterocycles. The number of allylic oxidation sites excluding steroid dienone is 2. The molecule has 244 valence electrons. The van der Waals surface area contributed by atoms with Gasteiger partial charge in [-0.1, -0.05) is 55.8 Å². The van der Waals surface area contributed by atoms with Crippen LogP contribution in [0.25, 0.3) is 16.5 Å². The van der Waals surface area contributed by atoms with E-state index in [9.17, 15) is 9.90 Å². The Morgan fingerprint density at radius 1 is 1.13 bits per heavy atom. The quantitative estimate of drug-likeness (QED) is 0.188. The number of rotatable bonds is 12. The van der Waals surface area contributed by atoms with Crippen molar-refractivity contribution in [3.05, 3.63) is 83.7 Å². The van der Waals surface area contributed by atoms with Gasteiger partial charge in [-0.25, -0.2) is 9.97 Å². The Hall–Kier alpha value is -3.63. The van der Waals surface area contributed by atoms with Gasteiger partial charge in [0.05, 0.1) is 31.9 Å². The van der Waals surface area contributed by atoms with Gasteiger partial charge in [0.25, 0.3) is 0 Å². The number of aliphatic carboxylic acids is 1. The first-order chi connectivity index (χ1) is 22.4. The summed E-state index contributed by atoms with van der Waals surface area (Å²) in [5.41, 5.74) is 4.52. The lowest BCUT2D eigenvalue weighted by Crippen LogP contribution is -2.48. The molecule has 1 aromatic carbocycles. The topological polar surface area (TPSA) is 100 Å². The minimum atomic E-state index is -0.838. The second-order valence-electron chi connectivity index (χ2n) is 12.8. The van der Waals surface area contributed by atoms with Gasteiger partial charge in [0.2, 0.25) is 0 Å². The summed E-state index contributed by atoms with van der Waals surface area (Å²) in [6.07, 6.45) is 12.4. The van der Waals surface area contributed by atoms with E-state index >= 15 is 0 Å². The third kappa shape index (κ3) is 7.50. The number of likely N-dealkylation sites (tertiary alicyclic amines) is 1. The molecule has 2 N–H and O–H groups in total. The zero-order valence-corrected chi connectivity index (χ0v) is 27.2. The molecule has 3 unspecified atom stereocenters. The molecular formula is C37H47N5O4. The molecule has 9 heteroatoms. The van der Waals surface area contributed by atoms with Crippen LogP contribution in [0.1, 0.15) is 55.8 Å². The molecule has 0 spiro atoms. The number of aromatic nitrogens is 2. The predicted molar refractivity (Wildman–Crippen MR) is 181 cm³/mol. The highest BCUT2D eigenvalue weighted by molar-refractivity contribution is 5.88. The predicted octanol–water partition coefficient (Wildman–Crippen LogP) is 5.90. The largest absolute Gasteiger partial charge is 0.481 e. The number of fused-ring (bicyclic) bond motifs is 1. The Morgan fingerprint density at radius 2 is 1.98 bits per heavy atom. The Balaban J connectivity index is 1.28. The SMILES string of the molecule is Cc1ccccc1C1=CC=CC(Nc2nccc3ccc(CN4CCCCC4CC(=O)O)nc23)(OCCCN2CCOCC2)C1C. The highest BCUT2D eigenvalue weighted by atomic mass is 16.5. The van der Waals surface area contributed by atoms with Crippen molar-refractivity contribution < 1.29 is 19.4 Å². The fraction of sp³-hybridized carbons (Fsp3) is 0.486. The number of carbonyl (C=O) groups is 1. The van der Waals surface area contributed by atoms with Gasteiger partial charge >= 0.3 is 5.97 Å². The number of nitrogens with zero attached hydrogens (tertiary/aromatic N) is 4. The maximum atomic E-state index is 11.6. The molecule has 3 aliphatic rings. The van der Waals surface area contributed by atoms with Crippen LogP contribution in [0.3, 0.4) is 0 Å². The van der Waals surface area contributed by atoms with Gasteiger partial charge in [0, 0.05) is 49.7 Å². The van der Waals surface area contributed by atoms with E-state index < -0.39 is 11.7 Å². The molecule has 4 heterocycles. The van der Waals surface area contributed by atoms with Crippen molar-refractivity contribution in [1.82, 2.24) is 19.8 Å². The standard InChI is InChI=1S/C37H47N5O4/c1-27-9-3-4-11-32(27)33-12-7-16-37(28(33)2,46-22-8-18-41-20-23-45-24-21-41)40-36-35-29(15-17-38-36)13-14-30(39-35)26-42-19-6-5-10-31(42)25-34(43)44/h3-4,7,9,11-17,28,31H,5-6,8,10,18-26H2,1-2H3,(H,38,40)(H,43,44). The fourth-order valence-electron chi connectivity index (χ4n) is 7.11. The van der Waals surface area contributed by atoms with Crippen LogP contribution in [-0.2, 0) is 20.8 Å². The van der Waals surface area contributed by atoms with E-state index in [1.807, 2.05) is 12.3 Å². The van der Waals surface area contributed by atoms with Gasteiger partial charge in [0.15, 0.2) is 11.5 Å². The summed E-state index contributed by atoms with van der Waals surface area (Å²) in [5.74, 6) is -0.0915. The first-order valence-electron chi connectivity index (χ1n) is 16.8. The molecule has 2 aliphatic heterocycles. The number of aryl methyl sites for hydroxylation is 1. The van der Waals surface area contributed by atoms with Crippen LogP contribution in [0.5, 0.6) is 0 Å². The second-order valence-corrected chi connectivity index (χ2v) is 12.8. The molecule has 1 aliphatic carbocycles. The number of carboxylic acids is 1. The second kappa shape index (κ2) is 14.9. The van der Waals surface area contributed by atoms with Crippen LogP contribution in [0.2, 0.25) is 0 Å². The van der Waals surface area contributed by atoms with Crippen LogP contribution in [0.4, 0.5) is 5.82 Å². The summed E-state index contributed by atoms with van der Waals surface area (Å²) in [6, 6.07) is 14.7. The van der Waals surface area contributed by atoms with Gasteiger partial charge in [0.1, 0.15) is 5.52 Å². The minimum absolute atomic E-state index is 0.0210. The molecule has 6 rings (SSSR count). The molecule has 3 aromatic rings. The molecule has 0 saturated carbocycles. The number of anilines is 1. The fourth-order valence-corrected chi connectivity index (χ4v) is 7.11. The lowest BCUT2D eigenvalue weighted by atomic mass is 9.80. The summed E-state index contributed by atoms with van der Waals surface area (Å²) in [6.45, 7) is 10.9. The molecule has 9 nitrogen and oxygen atoms in total. The van der Waals surface area contributed by atoms with Crippen molar-refractivity contribution >= 4 is 28.3 Å². The summed E-state index contributed by atoms with van der Waals surface area (Å²) in [5, 5.41) is 14.2. The van der Waals surface area contributed by atoms with Gasteiger partial charge in [-0.3, -0.25) is 14.6 Å². The molecule has 0 bridgehead atoms. The van der Waals surface area contributed by atoms with E-state index in [-0.39, 0.29) is 18.4 Å². The maximum Gasteiger partial charge on any atom is 0.304 e. The van der Waals surface area contributed by atoms with Crippen molar-refractivity contribution in [2.45, 2.75) is 64.3 Å². The first kappa shape index (κ1) is 32.3. The van der Waals surface area contributed by atoms with Gasteiger partial charge in [-0.2, -0.15) is 0 Å². The summed E-state index contributed by atoms with van der Waals surface area (Å²) in [7, 11) is 0. The van der Waals surface area contributed by atoms with E-state index in [1.165, 1.54) is 16.7 Å². The minimum Gasteiger partial charge on any atom is -0.481 e. The molecule has 3 atom stereocenters. The number of nitrogens with one attached hydrogen (secondary N) is 1. The Morgan fingerprint density at radius 3 is 2.80 bits per heavy atom. The van der Waals surface area contributed by atoms with Crippen molar-refractivity contribution in [3.63, 3.8) is 0 Å². The summed E-state index contributed by atoms with van der Waals surface area (Å²) >= 11 is 0. The van der Waals surface area contributed by atoms with Gasteiger partial charge < -0.3 is 19.9 Å². The number of ether oxygens (including phenoxy) is 2.